The molecule has 11 aromatic rings. The van der Waals surface area contributed by atoms with Crippen LogP contribution in [0.4, 0.5) is 0 Å². The molecule has 0 unspecified atom stereocenters. The monoisotopic (exact) mass is 1150 g/mol. The summed E-state index contributed by atoms with van der Waals surface area (Å²) in [6.07, 6.45) is 18.8. The van der Waals surface area contributed by atoms with Gasteiger partial charge in [0.05, 0.1) is 5.41 Å². The van der Waals surface area contributed by atoms with Crippen molar-refractivity contribution in [3.63, 3.8) is 0 Å². The zero-order valence-corrected chi connectivity index (χ0v) is 52.6. The van der Waals surface area contributed by atoms with Gasteiger partial charge >= 0.3 is 0 Å². The van der Waals surface area contributed by atoms with Gasteiger partial charge in [-0.25, -0.2) is 15.0 Å². The summed E-state index contributed by atoms with van der Waals surface area (Å²) >= 11 is 0. The van der Waals surface area contributed by atoms with E-state index in [0.717, 1.165) is 71.9 Å². The summed E-state index contributed by atoms with van der Waals surface area (Å²) in [5.74, 6) is 1.90. The van der Waals surface area contributed by atoms with Crippen LogP contribution in [0.5, 0.6) is 0 Å². The van der Waals surface area contributed by atoms with Gasteiger partial charge in [0.15, 0.2) is 17.5 Å². The van der Waals surface area contributed by atoms with Crippen molar-refractivity contribution in [2.45, 2.75) is 97.8 Å². The number of aromatic nitrogens is 3. The van der Waals surface area contributed by atoms with Crippen LogP contribution < -0.4 is 0 Å². The largest absolute Gasteiger partial charge is 0.208 e. The van der Waals surface area contributed by atoms with Crippen LogP contribution >= 0.6 is 0 Å². The molecule has 436 valence electrons. The average molecular weight is 1150 g/mol. The lowest BCUT2D eigenvalue weighted by Gasteiger charge is -2.34. The second kappa shape index (κ2) is 24.4. The Kier molecular flexibility index (Phi) is 15.9. The zero-order valence-electron chi connectivity index (χ0n) is 52.6. The number of hydrogen-bond acceptors (Lipinski definition) is 3. The Morgan fingerprint density at radius 1 is 0.315 bits per heavy atom. The molecule has 0 spiro atoms. The fourth-order valence-electron chi connectivity index (χ4n) is 14.3. The van der Waals surface area contributed by atoms with Gasteiger partial charge in [-0.1, -0.05) is 260 Å². The predicted octanol–water partition coefficient (Wildman–Crippen LogP) is 22.5. The second-order valence-corrected chi connectivity index (χ2v) is 25.1. The van der Waals surface area contributed by atoms with E-state index in [-0.39, 0.29) is 5.41 Å². The summed E-state index contributed by atoms with van der Waals surface area (Å²) < 4.78 is 0. The van der Waals surface area contributed by atoms with E-state index in [1.54, 1.807) is 0 Å². The molecule has 1 heterocycles. The van der Waals surface area contributed by atoms with Crippen molar-refractivity contribution in [3.05, 3.63) is 328 Å². The minimum absolute atomic E-state index is 0.0997. The molecule has 0 amide bonds. The van der Waals surface area contributed by atoms with Gasteiger partial charge in [-0.15, -0.1) is 0 Å². The number of nitrogens with zero attached hydrogens (tertiary/aromatic N) is 3. The third-order valence-corrected chi connectivity index (χ3v) is 19.2. The smallest absolute Gasteiger partial charge is 0.164 e. The molecule has 0 saturated heterocycles. The first-order chi connectivity index (χ1) is 43.3. The first kappa shape index (κ1) is 58.2. The quantitative estimate of drug-likeness (QED) is 0.0635. The summed E-state index contributed by atoms with van der Waals surface area (Å²) in [6, 6.07) is 77.9. The third-order valence-electron chi connectivity index (χ3n) is 19.2. The highest BCUT2D eigenvalue weighted by Crippen LogP contribution is 2.59. The highest BCUT2D eigenvalue weighted by molar-refractivity contribution is 5.91. The summed E-state index contributed by atoms with van der Waals surface area (Å²) in [4.78, 5) is 15.7. The molecule has 2 aliphatic rings. The van der Waals surface area contributed by atoms with Crippen LogP contribution in [0.1, 0.15) is 111 Å². The van der Waals surface area contributed by atoms with Crippen LogP contribution in [0.15, 0.2) is 256 Å². The van der Waals surface area contributed by atoms with E-state index >= 15 is 0 Å². The topological polar surface area (TPSA) is 38.7 Å². The maximum absolute atomic E-state index is 5.28. The predicted molar refractivity (Wildman–Crippen MR) is 375 cm³/mol. The van der Waals surface area contributed by atoms with Crippen LogP contribution in [-0.4, -0.2) is 15.0 Å². The lowest BCUT2D eigenvalue weighted by molar-refractivity contribution is 0.422. The van der Waals surface area contributed by atoms with Gasteiger partial charge in [-0.3, -0.25) is 0 Å². The Bertz CT molecular complexity index is 4480. The van der Waals surface area contributed by atoms with Gasteiger partial charge in [0.25, 0.3) is 0 Å². The van der Waals surface area contributed by atoms with Crippen molar-refractivity contribution >= 4 is 0 Å². The number of rotatable bonds is 18. The molecular weight excluding hydrogens is 1070 g/mol. The molecule has 0 aliphatic heterocycles. The maximum atomic E-state index is 5.28. The number of benzene rings is 10. The van der Waals surface area contributed by atoms with Gasteiger partial charge in [0.2, 0.25) is 0 Å². The standard InChI is InChI=1S/C86H77N3/c1-10-12-14-16-18-48-85(49-19-17-15-13-11-2)78-50-59(6)26-44-73(78)74-45-37-68(53-79(74)85)63-29-33-66(34-30-63)83-87-82(65-27-20-56(3)21-28-65)88-84(89-83)67-35-31-64(32-36-67)69-38-46-75-76-47-39-70(77-52-61(8)60(7)51-62(77)9)55-81(76)86(80(75)54-69,71-40-22-57(4)23-41-71)72-42-24-58(5)25-43-72/h10-15,20-47,50-55H,1-2,16-19,48-49H2,3-9H3/b14-12-,15-13-. The van der Waals surface area contributed by atoms with Gasteiger partial charge < -0.3 is 0 Å². The molecule has 0 N–H and O–H groups in total. The number of unbranched alkanes of at least 4 members (excludes halogenated alkanes) is 2. The molecular formula is C86H77N3. The average Bonchev–Trinajstić information content (AvgIpc) is 1.60. The Morgan fingerprint density at radius 3 is 1.13 bits per heavy atom. The molecule has 13 rings (SSSR count). The first-order valence-electron chi connectivity index (χ1n) is 31.7. The highest BCUT2D eigenvalue weighted by atomic mass is 15.0. The molecule has 0 fully saturated rings. The van der Waals surface area contributed by atoms with Crippen molar-refractivity contribution in [3.8, 4) is 89.8 Å². The first-order valence-corrected chi connectivity index (χ1v) is 31.7. The molecule has 89 heavy (non-hydrogen) atoms. The van der Waals surface area contributed by atoms with Crippen LogP contribution in [0.3, 0.4) is 0 Å². The van der Waals surface area contributed by atoms with Gasteiger partial charge in [0.1, 0.15) is 0 Å². The normalized spacial score (nSPS) is 13.3. The van der Waals surface area contributed by atoms with Crippen molar-refractivity contribution in [1.82, 2.24) is 15.0 Å². The second-order valence-electron chi connectivity index (χ2n) is 25.1. The molecule has 3 nitrogen and oxygen atoms in total. The molecule has 10 aromatic carbocycles. The van der Waals surface area contributed by atoms with Crippen molar-refractivity contribution < 1.29 is 0 Å². The summed E-state index contributed by atoms with van der Waals surface area (Å²) in [6.45, 7) is 23.2. The molecule has 0 atom stereocenters. The molecule has 3 heteroatoms. The highest BCUT2D eigenvalue weighted by Gasteiger charge is 2.47. The molecule has 1 aromatic heterocycles. The van der Waals surface area contributed by atoms with E-state index < -0.39 is 5.41 Å². The minimum Gasteiger partial charge on any atom is -0.208 e. The summed E-state index contributed by atoms with van der Waals surface area (Å²) in [5, 5.41) is 0. The van der Waals surface area contributed by atoms with Gasteiger partial charge in [-0.2, -0.15) is 0 Å². The Balaban J connectivity index is 0.866. The SMILES string of the molecule is C=C/C=C\CCCC1(CCC/C=C\C=C)c2cc(C)ccc2-c2ccc(-c3ccc(-c4nc(-c5ccc(C)cc5)nc(-c5ccc(-c6ccc7c(c6)C(c6ccc(C)cc6)(c6ccc(C)cc6)c6cc(-c8cc(C)c(C)cc8C)ccc6-7)cc5)n4)cc3)cc21. The Hall–Kier alpha value is -9.83. The van der Waals surface area contributed by atoms with Crippen molar-refractivity contribution in [2.24, 2.45) is 0 Å². The van der Waals surface area contributed by atoms with Crippen LogP contribution in [0, 0.1) is 48.5 Å². The fraction of sp³-hybridized carbons (Fsp3) is 0.174. The van der Waals surface area contributed by atoms with E-state index in [9.17, 15) is 0 Å². The van der Waals surface area contributed by atoms with Crippen LogP contribution in [0.2, 0.25) is 0 Å². The molecule has 0 bridgehead atoms. The number of fused-ring (bicyclic) bond motifs is 6. The summed E-state index contributed by atoms with van der Waals surface area (Å²) in [7, 11) is 0. The Morgan fingerprint density at radius 2 is 0.663 bits per heavy atom. The maximum Gasteiger partial charge on any atom is 0.164 e. The van der Waals surface area contributed by atoms with Crippen LogP contribution in [0.25, 0.3) is 89.8 Å². The number of allylic oxidation sites excluding steroid dienone is 6. The lowest BCUT2D eigenvalue weighted by Crippen LogP contribution is -2.28. The minimum atomic E-state index is -0.581. The van der Waals surface area contributed by atoms with E-state index in [1.165, 1.54) is 111 Å². The van der Waals surface area contributed by atoms with Crippen molar-refractivity contribution in [1.29, 1.82) is 0 Å². The van der Waals surface area contributed by atoms with Crippen LogP contribution in [-0.2, 0) is 10.8 Å². The molecule has 0 saturated carbocycles. The van der Waals surface area contributed by atoms with E-state index in [0.29, 0.717) is 17.5 Å². The van der Waals surface area contributed by atoms with E-state index in [1.807, 2.05) is 12.2 Å². The zero-order chi connectivity index (χ0) is 61.4. The molecule has 0 radical (unpaired) electrons. The van der Waals surface area contributed by atoms with Gasteiger partial charge in [0, 0.05) is 22.1 Å². The number of aryl methyl sites for hydroxylation is 7. The number of hydrogen-bond donors (Lipinski definition) is 0. The van der Waals surface area contributed by atoms with E-state index in [4.69, 9.17) is 15.0 Å². The Labute approximate surface area is 527 Å². The summed E-state index contributed by atoms with van der Waals surface area (Å²) in [5.41, 5.74) is 31.4. The van der Waals surface area contributed by atoms with E-state index in [2.05, 4.69) is 292 Å². The molecule has 2 aliphatic carbocycles. The van der Waals surface area contributed by atoms with Gasteiger partial charge in [-0.05, 0) is 211 Å². The fourth-order valence-corrected chi connectivity index (χ4v) is 14.3. The van der Waals surface area contributed by atoms with Crippen molar-refractivity contribution in [2.75, 3.05) is 0 Å². The lowest BCUT2D eigenvalue weighted by atomic mass is 9.67. The third kappa shape index (κ3) is 10.9.